The number of methoxy groups -OCH3 is 1. The van der Waals surface area contributed by atoms with Crippen LogP contribution in [0.15, 0.2) is 24.3 Å². The Kier molecular flexibility index (Phi) is 5.36. The van der Waals surface area contributed by atoms with Crippen molar-refractivity contribution in [2.75, 3.05) is 12.4 Å². The van der Waals surface area contributed by atoms with Crippen LogP contribution in [0, 0.1) is 0 Å². The molecule has 18 heavy (non-hydrogen) atoms. The number of hydrogen-bond donors (Lipinski definition) is 1. The van der Waals surface area contributed by atoms with E-state index in [1.807, 2.05) is 24.3 Å². The smallest absolute Gasteiger partial charge is 0.306 e. The summed E-state index contributed by atoms with van der Waals surface area (Å²) in [5, 5.41) is 2.82. The second kappa shape index (κ2) is 6.79. The SMILES string of the molecule is COC(=O)CCC(=O)Nc1ccccc1C(C)C. The molecule has 0 aliphatic heterocycles. The van der Waals surface area contributed by atoms with E-state index in [1.165, 1.54) is 7.11 Å². The number of esters is 1. The molecule has 0 radical (unpaired) electrons. The molecule has 0 aliphatic carbocycles. The number of amides is 1. The lowest BCUT2D eigenvalue weighted by Gasteiger charge is -2.13. The fraction of sp³-hybridized carbons (Fsp3) is 0.429. The Bertz CT molecular complexity index is 427. The summed E-state index contributed by atoms with van der Waals surface area (Å²) < 4.78 is 4.49. The van der Waals surface area contributed by atoms with Crippen LogP contribution >= 0.6 is 0 Å². The molecule has 0 unspecified atom stereocenters. The molecule has 4 nitrogen and oxygen atoms in total. The first-order valence-corrected chi connectivity index (χ1v) is 6.00. The number of hydrogen-bond acceptors (Lipinski definition) is 3. The summed E-state index contributed by atoms with van der Waals surface area (Å²) in [6.45, 7) is 4.14. The summed E-state index contributed by atoms with van der Waals surface area (Å²) in [5.41, 5.74) is 1.89. The zero-order valence-corrected chi connectivity index (χ0v) is 11.0. The van der Waals surface area contributed by atoms with Crippen LogP contribution in [0.5, 0.6) is 0 Å². The Labute approximate surface area is 107 Å². The molecule has 1 N–H and O–H groups in total. The molecule has 1 aromatic rings. The summed E-state index contributed by atoms with van der Waals surface area (Å²) in [6.07, 6.45) is 0.241. The van der Waals surface area contributed by atoms with Gasteiger partial charge in [-0.25, -0.2) is 0 Å². The summed E-state index contributed by atoms with van der Waals surface area (Å²) >= 11 is 0. The van der Waals surface area contributed by atoms with Gasteiger partial charge < -0.3 is 10.1 Å². The number of ether oxygens (including phenoxy) is 1. The molecule has 0 atom stereocenters. The summed E-state index contributed by atoms with van der Waals surface area (Å²) in [5.74, 6) is -0.210. The topological polar surface area (TPSA) is 55.4 Å². The van der Waals surface area contributed by atoms with Crippen LogP contribution in [0.3, 0.4) is 0 Å². The van der Waals surface area contributed by atoms with E-state index in [9.17, 15) is 9.59 Å². The highest BCUT2D eigenvalue weighted by Crippen LogP contribution is 2.23. The predicted molar refractivity (Wildman–Crippen MR) is 70.4 cm³/mol. The normalized spacial score (nSPS) is 10.2. The standard InChI is InChI=1S/C14H19NO3/c1-10(2)11-6-4-5-7-12(11)15-13(16)8-9-14(17)18-3/h4-7,10H,8-9H2,1-3H3,(H,15,16). The van der Waals surface area contributed by atoms with Crippen molar-refractivity contribution in [1.82, 2.24) is 0 Å². The van der Waals surface area contributed by atoms with Crippen molar-refractivity contribution in [2.45, 2.75) is 32.6 Å². The predicted octanol–water partition coefficient (Wildman–Crippen LogP) is 2.70. The maximum Gasteiger partial charge on any atom is 0.306 e. The van der Waals surface area contributed by atoms with E-state index >= 15 is 0 Å². The van der Waals surface area contributed by atoms with E-state index in [1.54, 1.807) is 0 Å². The van der Waals surface area contributed by atoms with Crippen LogP contribution in [0.4, 0.5) is 5.69 Å². The number of para-hydroxylation sites is 1. The van der Waals surface area contributed by atoms with Crippen LogP contribution in [0.1, 0.15) is 38.2 Å². The Balaban J connectivity index is 2.62. The minimum atomic E-state index is -0.373. The average Bonchev–Trinajstić information content (AvgIpc) is 2.36. The van der Waals surface area contributed by atoms with Crippen LogP contribution in [-0.2, 0) is 14.3 Å². The summed E-state index contributed by atoms with van der Waals surface area (Å²) in [6, 6.07) is 7.67. The molecule has 1 amide bonds. The average molecular weight is 249 g/mol. The highest BCUT2D eigenvalue weighted by molar-refractivity contribution is 5.93. The van der Waals surface area contributed by atoms with Gasteiger partial charge in [-0.2, -0.15) is 0 Å². The molecule has 98 valence electrons. The molecule has 0 saturated carbocycles. The third kappa shape index (κ3) is 4.20. The third-order valence-corrected chi connectivity index (χ3v) is 2.64. The van der Waals surface area contributed by atoms with Crippen LogP contribution < -0.4 is 5.32 Å². The fourth-order valence-electron chi connectivity index (χ4n) is 1.64. The van der Waals surface area contributed by atoms with E-state index in [0.717, 1.165) is 11.3 Å². The molecular weight excluding hydrogens is 230 g/mol. The zero-order chi connectivity index (χ0) is 13.5. The zero-order valence-electron chi connectivity index (χ0n) is 11.0. The van der Waals surface area contributed by atoms with E-state index < -0.39 is 0 Å². The molecular formula is C14H19NO3. The molecule has 0 aromatic heterocycles. The second-order valence-corrected chi connectivity index (χ2v) is 4.37. The minimum Gasteiger partial charge on any atom is -0.469 e. The maximum absolute atomic E-state index is 11.7. The number of nitrogens with one attached hydrogen (secondary N) is 1. The van der Waals surface area contributed by atoms with Crippen LogP contribution in [0.25, 0.3) is 0 Å². The molecule has 0 aliphatic rings. The molecule has 0 fully saturated rings. The van der Waals surface area contributed by atoms with Crippen molar-refractivity contribution in [2.24, 2.45) is 0 Å². The first-order valence-electron chi connectivity index (χ1n) is 6.00. The molecule has 0 spiro atoms. The number of anilines is 1. The lowest BCUT2D eigenvalue weighted by molar-refractivity contribution is -0.141. The minimum absolute atomic E-state index is 0.103. The van der Waals surface area contributed by atoms with Gasteiger partial charge in [0.1, 0.15) is 0 Å². The number of carbonyl (C=O) groups is 2. The van der Waals surface area contributed by atoms with Crippen LogP contribution in [-0.4, -0.2) is 19.0 Å². The van der Waals surface area contributed by atoms with Gasteiger partial charge in [0.15, 0.2) is 0 Å². The Morgan fingerprint density at radius 1 is 1.22 bits per heavy atom. The van der Waals surface area contributed by atoms with Gasteiger partial charge in [0.2, 0.25) is 5.91 Å². The molecule has 1 rings (SSSR count). The molecule has 0 saturated heterocycles. The highest BCUT2D eigenvalue weighted by atomic mass is 16.5. The van der Waals surface area contributed by atoms with E-state index in [-0.39, 0.29) is 24.7 Å². The molecule has 0 bridgehead atoms. The highest BCUT2D eigenvalue weighted by Gasteiger charge is 2.10. The van der Waals surface area contributed by atoms with Crippen molar-refractivity contribution >= 4 is 17.6 Å². The molecule has 0 heterocycles. The van der Waals surface area contributed by atoms with E-state index in [4.69, 9.17) is 0 Å². The largest absolute Gasteiger partial charge is 0.469 e. The lowest BCUT2D eigenvalue weighted by atomic mass is 10.0. The van der Waals surface area contributed by atoms with Gasteiger partial charge in [-0.1, -0.05) is 32.0 Å². The Hall–Kier alpha value is -1.84. The summed E-state index contributed by atoms with van der Waals surface area (Å²) in [7, 11) is 1.31. The first-order chi connectivity index (χ1) is 8.54. The van der Waals surface area contributed by atoms with Gasteiger partial charge in [-0.15, -0.1) is 0 Å². The third-order valence-electron chi connectivity index (χ3n) is 2.64. The van der Waals surface area contributed by atoms with Gasteiger partial charge in [-0.05, 0) is 17.5 Å². The van der Waals surface area contributed by atoms with Crippen molar-refractivity contribution in [3.8, 4) is 0 Å². The number of carbonyl (C=O) groups excluding carboxylic acids is 2. The molecule has 1 aromatic carbocycles. The van der Waals surface area contributed by atoms with Crippen molar-refractivity contribution < 1.29 is 14.3 Å². The summed E-state index contributed by atoms with van der Waals surface area (Å²) in [4.78, 5) is 22.6. The van der Waals surface area contributed by atoms with Gasteiger partial charge in [0, 0.05) is 12.1 Å². The lowest BCUT2D eigenvalue weighted by Crippen LogP contribution is -2.15. The molecule has 4 heteroatoms. The van der Waals surface area contributed by atoms with Crippen LogP contribution in [0.2, 0.25) is 0 Å². The number of benzene rings is 1. The maximum atomic E-state index is 11.7. The van der Waals surface area contributed by atoms with Gasteiger partial charge in [0.05, 0.1) is 13.5 Å². The quantitative estimate of drug-likeness (QED) is 0.816. The Morgan fingerprint density at radius 2 is 1.89 bits per heavy atom. The van der Waals surface area contributed by atoms with Gasteiger partial charge in [0.25, 0.3) is 0 Å². The van der Waals surface area contributed by atoms with Crippen molar-refractivity contribution in [3.63, 3.8) is 0 Å². The van der Waals surface area contributed by atoms with Crippen molar-refractivity contribution in [1.29, 1.82) is 0 Å². The van der Waals surface area contributed by atoms with E-state index in [2.05, 4.69) is 23.9 Å². The Morgan fingerprint density at radius 3 is 2.50 bits per heavy atom. The first kappa shape index (κ1) is 14.2. The number of rotatable bonds is 5. The second-order valence-electron chi connectivity index (χ2n) is 4.37. The van der Waals surface area contributed by atoms with Gasteiger partial charge in [-0.3, -0.25) is 9.59 Å². The van der Waals surface area contributed by atoms with Crippen molar-refractivity contribution in [3.05, 3.63) is 29.8 Å². The monoisotopic (exact) mass is 249 g/mol. The van der Waals surface area contributed by atoms with Gasteiger partial charge >= 0.3 is 5.97 Å². The van der Waals surface area contributed by atoms with E-state index in [0.29, 0.717) is 5.92 Å². The fourth-order valence-corrected chi connectivity index (χ4v) is 1.64.